The van der Waals surface area contributed by atoms with Crippen LogP contribution in [0.25, 0.3) is 0 Å². The van der Waals surface area contributed by atoms with Gasteiger partial charge in [-0.15, -0.1) is 0 Å². The zero-order valence-corrected chi connectivity index (χ0v) is 13.5. The van der Waals surface area contributed by atoms with E-state index in [0.717, 1.165) is 23.0 Å². The van der Waals surface area contributed by atoms with Gasteiger partial charge in [-0.25, -0.2) is 4.79 Å². The molecule has 1 amide bonds. The summed E-state index contributed by atoms with van der Waals surface area (Å²) in [5.74, 6) is 0. The summed E-state index contributed by atoms with van der Waals surface area (Å²) in [6.45, 7) is 3.62. The first-order valence-corrected chi connectivity index (χ1v) is 7.81. The second-order valence-corrected chi connectivity index (χ2v) is 5.77. The second kappa shape index (κ2) is 7.32. The number of ether oxygens (including phenoxy) is 1. The number of nitriles is 1. The smallest absolute Gasteiger partial charge is 0.409 e. The van der Waals surface area contributed by atoms with Crippen LogP contribution in [-0.2, 0) is 4.74 Å². The molecule has 1 aliphatic rings. The number of halogens is 1. The summed E-state index contributed by atoms with van der Waals surface area (Å²) in [5, 5.41) is 12.3. The molecule has 0 saturated carbocycles. The molecule has 112 valence electrons. The molecule has 0 radical (unpaired) electrons. The summed E-state index contributed by atoms with van der Waals surface area (Å²) >= 11 is 3.47. The standard InChI is InChI=1S/C15H18BrN3O2/c1-2-21-15(20)19-7-5-12(6-8-19)18-14-4-3-11(10-17)9-13(14)16/h3-4,9,12,18H,2,5-8H2,1H3. The van der Waals surface area contributed by atoms with Gasteiger partial charge in [-0.05, 0) is 53.9 Å². The van der Waals surface area contributed by atoms with E-state index >= 15 is 0 Å². The number of nitrogens with one attached hydrogen (secondary N) is 1. The van der Waals surface area contributed by atoms with Gasteiger partial charge in [0.25, 0.3) is 0 Å². The number of rotatable bonds is 3. The zero-order valence-electron chi connectivity index (χ0n) is 11.9. The summed E-state index contributed by atoms with van der Waals surface area (Å²) < 4.78 is 5.89. The molecular weight excluding hydrogens is 334 g/mol. The van der Waals surface area contributed by atoms with Gasteiger partial charge < -0.3 is 15.0 Å². The first-order valence-electron chi connectivity index (χ1n) is 7.02. The average Bonchev–Trinajstić information content (AvgIpc) is 2.50. The van der Waals surface area contributed by atoms with Gasteiger partial charge in [0.2, 0.25) is 0 Å². The van der Waals surface area contributed by atoms with Crippen LogP contribution in [0.5, 0.6) is 0 Å². The van der Waals surface area contributed by atoms with E-state index in [0.29, 0.717) is 31.3 Å². The Bertz CT molecular complexity index is 548. The summed E-state index contributed by atoms with van der Waals surface area (Å²) in [7, 11) is 0. The number of anilines is 1. The van der Waals surface area contributed by atoms with Crippen molar-refractivity contribution in [2.75, 3.05) is 25.0 Å². The molecule has 1 fully saturated rings. The fourth-order valence-corrected chi connectivity index (χ4v) is 2.84. The Morgan fingerprint density at radius 2 is 2.24 bits per heavy atom. The minimum Gasteiger partial charge on any atom is -0.450 e. The van der Waals surface area contributed by atoms with E-state index in [4.69, 9.17) is 10.00 Å². The highest BCUT2D eigenvalue weighted by atomic mass is 79.9. The van der Waals surface area contributed by atoms with Crippen LogP contribution in [0, 0.1) is 11.3 Å². The van der Waals surface area contributed by atoms with Gasteiger partial charge in [0.1, 0.15) is 0 Å². The highest BCUT2D eigenvalue weighted by molar-refractivity contribution is 9.10. The number of piperidine rings is 1. The van der Waals surface area contributed by atoms with Gasteiger partial charge in [-0.1, -0.05) is 0 Å². The minimum atomic E-state index is -0.226. The van der Waals surface area contributed by atoms with E-state index in [-0.39, 0.29) is 6.09 Å². The highest BCUT2D eigenvalue weighted by Gasteiger charge is 2.23. The van der Waals surface area contributed by atoms with Crippen LogP contribution < -0.4 is 5.32 Å². The van der Waals surface area contributed by atoms with Gasteiger partial charge in [0.05, 0.1) is 18.2 Å². The molecule has 1 N–H and O–H groups in total. The van der Waals surface area contributed by atoms with Crippen LogP contribution in [0.2, 0.25) is 0 Å². The first-order chi connectivity index (χ1) is 10.1. The largest absolute Gasteiger partial charge is 0.450 e. The number of likely N-dealkylation sites (tertiary alicyclic amines) is 1. The molecule has 1 saturated heterocycles. The third-order valence-corrected chi connectivity index (χ3v) is 4.13. The topological polar surface area (TPSA) is 65.4 Å². The van der Waals surface area contributed by atoms with E-state index in [1.54, 1.807) is 17.0 Å². The number of nitrogens with zero attached hydrogens (tertiary/aromatic N) is 2. The summed E-state index contributed by atoms with van der Waals surface area (Å²) in [4.78, 5) is 13.4. The Labute approximate surface area is 133 Å². The van der Waals surface area contributed by atoms with E-state index in [1.165, 1.54) is 0 Å². The quantitative estimate of drug-likeness (QED) is 0.906. The second-order valence-electron chi connectivity index (χ2n) is 4.91. The highest BCUT2D eigenvalue weighted by Crippen LogP contribution is 2.26. The minimum absolute atomic E-state index is 0.226. The molecule has 5 nitrogen and oxygen atoms in total. The van der Waals surface area contributed by atoms with Gasteiger partial charge in [-0.2, -0.15) is 5.26 Å². The van der Waals surface area contributed by atoms with Gasteiger partial charge in [0, 0.05) is 29.3 Å². The number of carbonyl (C=O) groups is 1. The number of benzene rings is 1. The Balaban J connectivity index is 1.89. The van der Waals surface area contributed by atoms with Crippen LogP contribution >= 0.6 is 15.9 Å². The fraction of sp³-hybridized carbons (Fsp3) is 0.467. The Hall–Kier alpha value is -1.74. The lowest BCUT2D eigenvalue weighted by Crippen LogP contribution is -2.42. The lowest BCUT2D eigenvalue weighted by molar-refractivity contribution is 0.0983. The Kier molecular flexibility index (Phi) is 5.45. The lowest BCUT2D eigenvalue weighted by atomic mass is 10.0. The third kappa shape index (κ3) is 4.11. The van der Waals surface area contributed by atoms with Crippen molar-refractivity contribution in [1.82, 2.24) is 4.90 Å². The number of carbonyl (C=O) groups excluding carboxylic acids is 1. The van der Waals surface area contributed by atoms with E-state index in [2.05, 4.69) is 27.3 Å². The average molecular weight is 352 g/mol. The van der Waals surface area contributed by atoms with E-state index in [1.807, 2.05) is 13.0 Å². The molecular formula is C15H18BrN3O2. The van der Waals surface area contributed by atoms with Crippen molar-refractivity contribution in [2.45, 2.75) is 25.8 Å². The molecule has 1 heterocycles. The molecule has 0 atom stereocenters. The maximum absolute atomic E-state index is 11.6. The predicted octanol–water partition coefficient (Wildman–Crippen LogP) is 3.35. The molecule has 1 aliphatic heterocycles. The number of hydrogen-bond donors (Lipinski definition) is 1. The van der Waals surface area contributed by atoms with Gasteiger partial charge in [-0.3, -0.25) is 0 Å². The van der Waals surface area contributed by atoms with Crippen molar-refractivity contribution >= 4 is 27.7 Å². The Morgan fingerprint density at radius 3 is 2.81 bits per heavy atom. The van der Waals surface area contributed by atoms with Crippen LogP contribution in [0.4, 0.5) is 10.5 Å². The first kappa shape index (κ1) is 15.6. The normalized spacial score (nSPS) is 15.4. The van der Waals surface area contributed by atoms with Crippen molar-refractivity contribution in [1.29, 1.82) is 5.26 Å². The monoisotopic (exact) mass is 351 g/mol. The SMILES string of the molecule is CCOC(=O)N1CCC(Nc2ccc(C#N)cc2Br)CC1. The van der Waals surface area contributed by atoms with E-state index < -0.39 is 0 Å². The maximum Gasteiger partial charge on any atom is 0.409 e. The van der Waals surface area contributed by atoms with Crippen LogP contribution in [0.1, 0.15) is 25.3 Å². The van der Waals surface area contributed by atoms with Crippen LogP contribution in [0.15, 0.2) is 22.7 Å². The summed E-state index contributed by atoms with van der Waals surface area (Å²) in [6, 6.07) is 7.93. The molecule has 0 unspecified atom stereocenters. The molecule has 1 aromatic carbocycles. The molecule has 0 spiro atoms. The van der Waals surface area contributed by atoms with Crippen molar-refractivity contribution in [3.63, 3.8) is 0 Å². The molecule has 0 bridgehead atoms. The van der Waals surface area contributed by atoms with Crippen molar-refractivity contribution in [2.24, 2.45) is 0 Å². The van der Waals surface area contributed by atoms with E-state index in [9.17, 15) is 4.79 Å². The number of hydrogen-bond acceptors (Lipinski definition) is 4. The predicted molar refractivity (Wildman–Crippen MR) is 84.1 cm³/mol. The summed E-state index contributed by atoms with van der Waals surface area (Å²) in [6.07, 6.45) is 1.53. The number of amides is 1. The van der Waals surface area contributed by atoms with Crippen molar-refractivity contribution < 1.29 is 9.53 Å². The lowest BCUT2D eigenvalue weighted by Gasteiger charge is -2.32. The van der Waals surface area contributed by atoms with Crippen molar-refractivity contribution in [3.05, 3.63) is 28.2 Å². The van der Waals surface area contributed by atoms with Gasteiger partial charge >= 0.3 is 6.09 Å². The molecule has 6 heteroatoms. The summed E-state index contributed by atoms with van der Waals surface area (Å²) in [5.41, 5.74) is 1.60. The molecule has 1 aromatic rings. The van der Waals surface area contributed by atoms with Crippen molar-refractivity contribution in [3.8, 4) is 6.07 Å². The fourth-order valence-electron chi connectivity index (χ4n) is 2.34. The molecule has 0 aromatic heterocycles. The molecule has 0 aliphatic carbocycles. The molecule has 2 rings (SSSR count). The van der Waals surface area contributed by atoms with Gasteiger partial charge in [0.15, 0.2) is 0 Å². The maximum atomic E-state index is 11.6. The van der Waals surface area contributed by atoms with Crippen LogP contribution in [0.3, 0.4) is 0 Å². The third-order valence-electron chi connectivity index (χ3n) is 3.48. The molecule has 21 heavy (non-hydrogen) atoms. The Morgan fingerprint density at radius 1 is 1.52 bits per heavy atom. The zero-order chi connectivity index (χ0) is 15.2. The van der Waals surface area contributed by atoms with Crippen LogP contribution in [-0.4, -0.2) is 36.7 Å².